The molecule has 0 aliphatic rings. The molecular weight excluding hydrogens is 375 g/mol. The Kier molecular flexibility index (Phi) is 6.16. The van der Waals surface area contributed by atoms with E-state index in [0.717, 1.165) is 4.68 Å². The molecule has 0 aliphatic heterocycles. The highest BCUT2D eigenvalue weighted by Crippen LogP contribution is 2.28. The maximum absolute atomic E-state index is 12.7. The van der Waals surface area contributed by atoms with Crippen LogP contribution in [0.1, 0.15) is 48.2 Å². The molecule has 28 heavy (non-hydrogen) atoms. The molecule has 2 N–H and O–H groups in total. The molecule has 1 heterocycles. The van der Waals surface area contributed by atoms with Gasteiger partial charge in [-0.1, -0.05) is 12.1 Å². The number of benzene rings is 1. The predicted octanol–water partition coefficient (Wildman–Crippen LogP) is 3.99. The van der Waals surface area contributed by atoms with Crippen molar-refractivity contribution in [2.24, 2.45) is 0 Å². The van der Waals surface area contributed by atoms with Gasteiger partial charge in [-0.3, -0.25) is 14.3 Å². The Morgan fingerprint density at radius 2 is 1.86 bits per heavy atom. The van der Waals surface area contributed by atoms with Gasteiger partial charge in [-0.05, 0) is 45.4 Å². The van der Waals surface area contributed by atoms with Gasteiger partial charge in [0.2, 0.25) is 5.91 Å². The molecule has 2 aromatic rings. The Hall–Kier alpha value is -2.84. The first-order valence-electron chi connectivity index (χ1n) is 8.65. The highest BCUT2D eigenvalue weighted by Gasteiger charge is 2.31. The summed E-state index contributed by atoms with van der Waals surface area (Å²) >= 11 is 0. The Morgan fingerprint density at radius 1 is 1.21 bits per heavy atom. The van der Waals surface area contributed by atoms with Crippen molar-refractivity contribution >= 4 is 17.6 Å². The van der Waals surface area contributed by atoms with E-state index in [1.165, 1.54) is 13.8 Å². The zero-order chi connectivity index (χ0) is 21.2. The monoisotopic (exact) mass is 397 g/mol. The molecule has 6 nitrogen and oxygen atoms in total. The molecule has 2 rings (SSSR count). The van der Waals surface area contributed by atoms with Crippen molar-refractivity contribution in [3.8, 4) is 0 Å². The van der Waals surface area contributed by atoms with Gasteiger partial charge in [0.05, 0.1) is 17.5 Å². The lowest BCUT2D eigenvalue weighted by atomic mass is 9.97. The number of nitrogens with one attached hydrogen (secondary N) is 1. The zero-order valence-electron chi connectivity index (χ0n) is 16.0. The van der Waals surface area contributed by atoms with E-state index < -0.39 is 36.4 Å². The van der Waals surface area contributed by atoms with Gasteiger partial charge < -0.3 is 10.4 Å². The number of alkyl halides is 3. The number of carboxylic acid groups (broad SMARTS) is 1. The predicted molar refractivity (Wildman–Crippen MR) is 97.3 cm³/mol. The van der Waals surface area contributed by atoms with Gasteiger partial charge in [-0.2, -0.15) is 18.3 Å². The number of carboxylic acids is 1. The summed E-state index contributed by atoms with van der Waals surface area (Å²) in [5.41, 5.74) is 2.03. The van der Waals surface area contributed by atoms with Crippen molar-refractivity contribution in [3.63, 3.8) is 0 Å². The normalized spacial score (nSPS) is 13.8. The number of aliphatic carboxylic acids is 1. The number of carbonyl (C=O) groups excluding carboxylic acids is 1. The highest BCUT2D eigenvalue weighted by molar-refractivity contribution is 5.96. The second-order valence-electron chi connectivity index (χ2n) is 6.75. The van der Waals surface area contributed by atoms with Crippen LogP contribution in [0, 0.1) is 13.8 Å². The summed E-state index contributed by atoms with van der Waals surface area (Å²) in [4.78, 5) is 23.8. The van der Waals surface area contributed by atoms with Crippen LogP contribution < -0.4 is 5.32 Å². The van der Waals surface area contributed by atoms with Crippen LogP contribution in [0.15, 0.2) is 24.3 Å². The number of carbonyl (C=O) groups is 2. The third kappa shape index (κ3) is 4.90. The van der Waals surface area contributed by atoms with E-state index >= 15 is 0 Å². The second kappa shape index (κ2) is 8.04. The minimum absolute atomic E-state index is 0.283. The summed E-state index contributed by atoms with van der Waals surface area (Å²) in [7, 11) is 0. The molecule has 0 aliphatic carbocycles. The molecular formula is C19H22F3N3O3. The number of aromatic nitrogens is 2. The van der Waals surface area contributed by atoms with Crippen LogP contribution in [0.5, 0.6) is 0 Å². The third-order valence-electron chi connectivity index (χ3n) is 4.62. The van der Waals surface area contributed by atoms with Gasteiger partial charge in [0, 0.05) is 16.9 Å². The van der Waals surface area contributed by atoms with E-state index in [-0.39, 0.29) is 5.69 Å². The van der Waals surface area contributed by atoms with Crippen molar-refractivity contribution in [2.45, 2.75) is 52.3 Å². The number of amides is 1. The quantitative estimate of drug-likeness (QED) is 0.772. The highest BCUT2D eigenvalue weighted by atomic mass is 19.4. The smallest absolute Gasteiger partial charge is 0.408 e. The van der Waals surface area contributed by atoms with Crippen LogP contribution >= 0.6 is 0 Å². The SMILES string of the molecule is Cc1nn(CC(F)(F)F)c(C)c1C(C)C(=O)Nc1cccc(C(C)C(=O)O)c1. The van der Waals surface area contributed by atoms with Gasteiger partial charge in [-0.15, -0.1) is 0 Å². The van der Waals surface area contributed by atoms with E-state index in [1.807, 2.05) is 0 Å². The largest absolute Gasteiger partial charge is 0.481 e. The van der Waals surface area contributed by atoms with Crippen molar-refractivity contribution < 1.29 is 27.9 Å². The summed E-state index contributed by atoms with van der Waals surface area (Å²) in [5.74, 6) is -2.88. The van der Waals surface area contributed by atoms with E-state index in [0.29, 0.717) is 22.5 Å². The molecule has 2 unspecified atom stereocenters. The molecule has 0 radical (unpaired) electrons. The fourth-order valence-electron chi connectivity index (χ4n) is 3.07. The first kappa shape index (κ1) is 21.5. The molecule has 0 fully saturated rings. The summed E-state index contributed by atoms with van der Waals surface area (Å²) in [5, 5.41) is 15.7. The van der Waals surface area contributed by atoms with Gasteiger partial charge in [-0.25, -0.2) is 0 Å². The fourth-order valence-corrected chi connectivity index (χ4v) is 3.07. The molecule has 0 saturated carbocycles. The lowest BCUT2D eigenvalue weighted by Gasteiger charge is -2.15. The number of halogens is 3. The maximum atomic E-state index is 12.7. The first-order valence-corrected chi connectivity index (χ1v) is 8.65. The Labute approximate surface area is 160 Å². The third-order valence-corrected chi connectivity index (χ3v) is 4.62. The average Bonchev–Trinajstić information content (AvgIpc) is 2.85. The number of hydrogen-bond acceptors (Lipinski definition) is 3. The topological polar surface area (TPSA) is 84.2 Å². The fraction of sp³-hybridized carbons (Fsp3) is 0.421. The minimum Gasteiger partial charge on any atom is -0.481 e. The molecule has 152 valence electrons. The van der Waals surface area contributed by atoms with Gasteiger partial charge in [0.15, 0.2) is 0 Å². The lowest BCUT2D eigenvalue weighted by Crippen LogP contribution is -2.21. The molecule has 1 aromatic heterocycles. The number of anilines is 1. The van der Waals surface area contributed by atoms with Crippen LogP contribution in [0.25, 0.3) is 0 Å². The molecule has 9 heteroatoms. The summed E-state index contributed by atoms with van der Waals surface area (Å²) < 4.78 is 38.9. The molecule has 0 saturated heterocycles. The van der Waals surface area contributed by atoms with E-state index in [2.05, 4.69) is 10.4 Å². The summed E-state index contributed by atoms with van der Waals surface area (Å²) in [6, 6.07) is 6.46. The molecule has 1 aromatic carbocycles. The van der Waals surface area contributed by atoms with E-state index in [1.54, 1.807) is 38.1 Å². The van der Waals surface area contributed by atoms with Crippen LogP contribution in [-0.2, 0) is 16.1 Å². The van der Waals surface area contributed by atoms with Crippen molar-refractivity contribution in [1.82, 2.24) is 9.78 Å². The average molecular weight is 397 g/mol. The number of nitrogens with zero attached hydrogens (tertiary/aromatic N) is 2. The van der Waals surface area contributed by atoms with Gasteiger partial charge >= 0.3 is 12.1 Å². The summed E-state index contributed by atoms with van der Waals surface area (Å²) in [6.45, 7) is 4.97. The molecule has 0 spiro atoms. The van der Waals surface area contributed by atoms with Gasteiger partial charge in [0.25, 0.3) is 0 Å². The van der Waals surface area contributed by atoms with Crippen LogP contribution in [-0.4, -0.2) is 32.9 Å². The Balaban J connectivity index is 2.22. The van der Waals surface area contributed by atoms with Crippen molar-refractivity contribution in [3.05, 3.63) is 46.8 Å². The maximum Gasteiger partial charge on any atom is 0.408 e. The second-order valence-corrected chi connectivity index (χ2v) is 6.75. The molecule has 2 atom stereocenters. The van der Waals surface area contributed by atoms with Crippen LogP contribution in [0.2, 0.25) is 0 Å². The number of rotatable bonds is 6. The lowest BCUT2D eigenvalue weighted by molar-refractivity contribution is -0.143. The van der Waals surface area contributed by atoms with Crippen LogP contribution in [0.3, 0.4) is 0 Å². The van der Waals surface area contributed by atoms with Gasteiger partial charge in [0.1, 0.15) is 6.54 Å². The van der Waals surface area contributed by atoms with E-state index in [4.69, 9.17) is 5.11 Å². The standard InChI is InChI=1S/C19H22F3N3O3/c1-10(18(27)28)14-6-5-7-15(8-14)23-17(26)11(2)16-12(3)24-25(13(16)4)9-19(20,21)22/h5-8,10-11H,9H2,1-4H3,(H,23,26)(H,27,28). The molecule has 0 bridgehead atoms. The Bertz CT molecular complexity index is 890. The minimum atomic E-state index is -4.41. The van der Waals surface area contributed by atoms with E-state index in [9.17, 15) is 22.8 Å². The number of hydrogen-bond donors (Lipinski definition) is 2. The summed E-state index contributed by atoms with van der Waals surface area (Å²) in [6.07, 6.45) is -4.41. The molecule has 1 amide bonds. The van der Waals surface area contributed by atoms with Crippen molar-refractivity contribution in [2.75, 3.05) is 5.32 Å². The first-order chi connectivity index (χ1) is 12.9. The van der Waals surface area contributed by atoms with Crippen molar-refractivity contribution in [1.29, 1.82) is 0 Å². The number of aryl methyl sites for hydroxylation is 1. The zero-order valence-corrected chi connectivity index (χ0v) is 16.0. The van der Waals surface area contributed by atoms with Crippen LogP contribution in [0.4, 0.5) is 18.9 Å². The Morgan fingerprint density at radius 3 is 2.43 bits per heavy atom.